The highest BCUT2D eigenvalue weighted by Gasteiger charge is 2.28. The highest BCUT2D eigenvalue weighted by molar-refractivity contribution is 5.70. The van der Waals surface area contributed by atoms with Crippen LogP contribution in [0.25, 0.3) is 0 Å². The molecule has 0 radical (unpaired) electrons. The maximum absolute atomic E-state index is 10.8. The van der Waals surface area contributed by atoms with Crippen molar-refractivity contribution >= 4 is 5.97 Å². The van der Waals surface area contributed by atoms with Crippen molar-refractivity contribution in [2.45, 2.75) is 32.7 Å². The molecule has 1 aliphatic rings. The maximum atomic E-state index is 10.8. The van der Waals surface area contributed by atoms with Crippen LogP contribution in [0.5, 0.6) is 0 Å². The Morgan fingerprint density at radius 2 is 2.41 bits per heavy atom. The molecule has 0 unspecified atom stereocenters. The minimum absolute atomic E-state index is 0.248. The molecule has 2 heterocycles. The summed E-state index contributed by atoms with van der Waals surface area (Å²) in [6, 6.07) is 0. The second-order valence-electron chi connectivity index (χ2n) is 4.76. The molecule has 1 saturated heterocycles. The zero-order valence-electron chi connectivity index (χ0n) is 10.1. The van der Waals surface area contributed by atoms with Gasteiger partial charge in [0, 0.05) is 12.5 Å². The summed E-state index contributed by atoms with van der Waals surface area (Å²) in [5, 5.41) is 12.8. The summed E-state index contributed by atoms with van der Waals surface area (Å²) < 4.78 is 5.13. The van der Waals surface area contributed by atoms with E-state index in [1.807, 2.05) is 18.7 Å². The summed E-state index contributed by atoms with van der Waals surface area (Å²) in [7, 11) is 0. The zero-order valence-corrected chi connectivity index (χ0v) is 10.1. The minimum atomic E-state index is -0.721. The second kappa shape index (κ2) is 4.83. The summed E-state index contributed by atoms with van der Waals surface area (Å²) >= 11 is 0. The Balaban J connectivity index is 1.91. The summed E-state index contributed by atoms with van der Waals surface area (Å²) in [5.74, 6) is 0.537. The van der Waals surface area contributed by atoms with Gasteiger partial charge in [-0.2, -0.15) is 4.98 Å². The Labute approximate surface area is 99.6 Å². The molecule has 1 fully saturated rings. The average molecular weight is 239 g/mol. The van der Waals surface area contributed by atoms with Gasteiger partial charge in [0.05, 0.1) is 12.5 Å². The summed E-state index contributed by atoms with van der Waals surface area (Å²) in [4.78, 5) is 17.1. The van der Waals surface area contributed by atoms with Crippen LogP contribution in [0.4, 0.5) is 0 Å². The lowest BCUT2D eigenvalue weighted by Gasteiger charge is -2.11. The average Bonchev–Trinajstić information content (AvgIpc) is 2.87. The minimum Gasteiger partial charge on any atom is -0.481 e. The molecule has 2 rings (SSSR count). The number of carboxylic acids is 1. The fourth-order valence-electron chi connectivity index (χ4n) is 1.94. The molecule has 0 amide bonds. The number of aliphatic carboxylic acids is 1. The SMILES string of the molecule is CC(C)c1noc(CN2CC[C@@H](C(=O)O)C2)n1. The number of carbonyl (C=O) groups is 1. The molecule has 6 heteroatoms. The predicted octanol–water partition coefficient (Wildman–Crippen LogP) is 1.10. The van der Waals surface area contributed by atoms with E-state index in [1.54, 1.807) is 0 Å². The van der Waals surface area contributed by atoms with Crippen molar-refractivity contribution in [1.82, 2.24) is 15.0 Å². The van der Waals surface area contributed by atoms with Gasteiger partial charge < -0.3 is 9.63 Å². The summed E-state index contributed by atoms with van der Waals surface area (Å²) in [6.45, 7) is 5.89. The quantitative estimate of drug-likeness (QED) is 0.847. The molecule has 0 bridgehead atoms. The van der Waals surface area contributed by atoms with Crippen molar-refractivity contribution in [3.05, 3.63) is 11.7 Å². The van der Waals surface area contributed by atoms with Crippen LogP contribution >= 0.6 is 0 Å². The van der Waals surface area contributed by atoms with E-state index in [4.69, 9.17) is 9.63 Å². The lowest BCUT2D eigenvalue weighted by Crippen LogP contribution is -2.23. The number of nitrogens with zero attached hydrogens (tertiary/aromatic N) is 3. The van der Waals surface area contributed by atoms with E-state index >= 15 is 0 Å². The van der Waals surface area contributed by atoms with E-state index in [9.17, 15) is 4.79 Å². The molecule has 6 nitrogen and oxygen atoms in total. The first-order chi connectivity index (χ1) is 8.06. The molecule has 1 aromatic rings. The standard InChI is InChI=1S/C11H17N3O3/c1-7(2)10-12-9(17-13-10)6-14-4-3-8(5-14)11(15)16/h7-8H,3-6H2,1-2H3,(H,15,16)/t8-/m1/s1. The van der Waals surface area contributed by atoms with Crippen LogP contribution in [0.1, 0.15) is 37.9 Å². The molecule has 1 N–H and O–H groups in total. The fourth-order valence-corrected chi connectivity index (χ4v) is 1.94. The third-order valence-corrected chi connectivity index (χ3v) is 2.98. The van der Waals surface area contributed by atoms with Crippen LogP contribution in [0.15, 0.2) is 4.52 Å². The number of likely N-dealkylation sites (tertiary alicyclic amines) is 1. The molecule has 0 spiro atoms. The van der Waals surface area contributed by atoms with Gasteiger partial charge in [-0.3, -0.25) is 9.69 Å². The molecule has 1 atom stereocenters. The van der Waals surface area contributed by atoms with Crippen molar-refractivity contribution in [1.29, 1.82) is 0 Å². The smallest absolute Gasteiger partial charge is 0.307 e. The van der Waals surface area contributed by atoms with Crippen molar-refractivity contribution in [2.75, 3.05) is 13.1 Å². The van der Waals surface area contributed by atoms with Gasteiger partial charge in [0.2, 0.25) is 5.89 Å². The van der Waals surface area contributed by atoms with Crippen LogP contribution in [-0.2, 0) is 11.3 Å². The van der Waals surface area contributed by atoms with E-state index in [2.05, 4.69) is 10.1 Å². The van der Waals surface area contributed by atoms with Crippen LogP contribution < -0.4 is 0 Å². The number of hydrogen-bond donors (Lipinski definition) is 1. The molecule has 94 valence electrons. The number of rotatable bonds is 4. The molecule has 0 aromatic carbocycles. The lowest BCUT2D eigenvalue weighted by molar-refractivity contribution is -0.141. The van der Waals surface area contributed by atoms with Gasteiger partial charge >= 0.3 is 5.97 Å². The van der Waals surface area contributed by atoms with E-state index in [1.165, 1.54) is 0 Å². The third kappa shape index (κ3) is 2.82. The van der Waals surface area contributed by atoms with Crippen LogP contribution in [0.3, 0.4) is 0 Å². The Kier molecular flexibility index (Phi) is 3.42. The third-order valence-electron chi connectivity index (χ3n) is 2.98. The molecule has 1 aromatic heterocycles. The number of carboxylic acid groups (broad SMARTS) is 1. The molecule has 1 aliphatic heterocycles. The lowest BCUT2D eigenvalue weighted by atomic mass is 10.1. The first-order valence-electron chi connectivity index (χ1n) is 5.84. The monoisotopic (exact) mass is 239 g/mol. The zero-order chi connectivity index (χ0) is 12.4. The molecule has 17 heavy (non-hydrogen) atoms. The van der Waals surface area contributed by atoms with Gasteiger partial charge in [0.1, 0.15) is 0 Å². The number of aromatic nitrogens is 2. The van der Waals surface area contributed by atoms with Gasteiger partial charge in [0.15, 0.2) is 5.82 Å². The van der Waals surface area contributed by atoms with Crippen LogP contribution in [0, 0.1) is 5.92 Å². The van der Waals surface area contributed by atoms with Gasteiger partial charge in [-0.15, -0.1) is 0 Å². The highest BCUT2D eigenvalue weighted by Crippen LogP contribution is 2.19. The topological polar surface area (TPSA) is 79.5 Å². The van der Waals surface area contributed by atoms with Crippen molar-refractivity contribution in [3.63, 3.8) is 0 Å². The van der Waals surface area contributed by atoms with Crippen LogP contribution in [-0.4, -0.2) is 39.2 Å². The van der Waals surface area contributed by atoms with Gasteiger partial charge in [0.25, 0.3) is 0 Å². The Morgan fingerprint density at radius 1 is 1.65 bits per heavy atom. The van der Waals surface area contributed by atoms with E-state index in [0.29, 0.717) is 31.2 Å². The van der Waals surface area contributed by atoms with E-state index in [-0.39, 0.29) is 11.8 Å². The number of hydrogen-bond acceptors (Lipinski definition) is 5. The van der Waals surface area contributed by atoms with Crippen molar-refractivity contribution < 1.29 is 14.4 Å². The van der Waals surface area contributed by atoms with E-state index < -0.39 is 5.97 Å². The molecular formula is C11H17N3O3. The van der Waals surface area contributed by atoms with Gasteiger partial charge in [-0.25, -0.2) is 0 Å². The first-order valence-corrected chi connectivity index (χ1v) is 5.84. The molecule has 0 aliphatic carbocycles. The molecule has 0 saturated carbocycles. The second-order valence-corrected chi connectivity index (χ2v) is 4.76. The predicted molar refractivity (Wildman–Crippen MR) is 59.4 cm³/mol. The first kappa shape index (κ1) is 12.0. The Morgan fingerprint density at radius 3 is 2.94 bits per heavy atom. The van der Waals surface area contributed by atoms with Crippen molar-refractivity contribution in [3.8, 4) is 0 Å². The van der Waals surface area contributed by atoms with Gasteiger partial charge in [-0.1, -0.05) is 19.0 Å². The summed E-state index contributed by atoms with van der Waals surface area (Å²) in [6.07, 6.45) is 0.695. The van der Waals surface area contributed by atoms with E-state index in [0.717, 1.165) is 6.54 Å². The molecular weight excluding hydrogens is 222 g/mol. The Hall–Kier alpha value is -1.43. The maximum Gasteiger partial charge on any atom is 0.307 e. The van der Waals surface area contributed by atoms with Crippen LogP contribution in [0.2, 0.25) is 0 Å². The van der Waals surface area contributed by atoms with Gasteiger partial charge in [-0.05, 0) is 13.0 Å². The summed E-state index contributed by atoms with van der Waals surface area (Å²) in [5.41, 5.74) is 0. The Bertz CT molecular complexity index is 402. The normalized spacial score (nSPS) is 21.2. The largest absolute Gasteiger partial charge is 0.481 e. The van der Waals surface area contributed by atoms with Crippen molar-refractivity contribution in [2.24, 2.45) is 5.92 Å². The fraction of sp³-hybridized carbons (Fsp3) is 0.727. The highest BCUT2D eigenvalue weighted by atomic mass is 16.5.